The molecule has 1 heterocycles. The summed E-state index contributed by atoms with van der Waals surface area (Å²) in [6.07, 6.45) is 5.61. The van der Waals surface area contributed by atoms with Crippen LogP contribution in [0, 0.1) is 0 Å². The lowest BCUT2D eigenvalue weighted by atomic mass is 10.2. The zero-order valence-corrected chi connectivity index (χ0v) is 14.4. The van der Waals surface area contributed by atoms with E-state index in [0.29, 0.717) is 11.6 Å². The molecule has 0 saturated heterocycles. The highest BCUT2D eigenvalue weighted by Crippen LogP contribution is 2.14. The van der Waals surface area contributed by atoms with Gasteiger partial charge in [-0.3, -0.25) is 4.79 Å². The minimum atomic E-state index is -0.923. The Labute approximate surface area is 150 Å². The van der Waals surface area contributed by atoms with Crippen molar-refractivity contribution >= 4 is 29.4 Å². The van der Waals surface area contributed by atoms with Gasteiger partial charge in [-0.05, 0) is 48.9 Å². The minimum Gasteiger partial charge on any atom is -0.502 e. The van der Waals surface area contributed by atoms with E-state index in [1.807, 2.05) is 47.2 Å². The maximum absolute atomic E-state index is 11.8. The van der Waals surface area contributed by atoms with Crippen molar-refractivity contribution in [2.45, 2.75) is 13.5 Å². The third kappa shape index (κ3) is 5.65. The van der Waals surface area contributed by atoms with E-state index in [2.05, 4.69) is 4.74 Å². The van der Waals surface area contributed by atoms with Gasteiger partial charge in [-0.1, -0.05) is 23.7 Å². The molecule has 0 spiro atoms. The van der Waals surface area contributed by atoms with Gasteiger partial charge in [0, 0.05) is 29.5 Å². The molecule has 2 rings (SSSR count). The monoisotopic (exact) mass is 359 g/mol. The number of hydrogen-bond donors (Lipinski definition) is 1. The van der Waals surface area contributed by atoms with E-state index in [-0.39, 0.29) is 6.61 Å². The molecule has 0 fully saturated rings. The van der Waals surface area contributed by atoms with Crippen molar-refractivity contribution in [3.63, 3.8) is 0 Å². The Hall–Kier alpha value is -2.79. The predicted molar refractivity (Wildman–Crippen MR) is 96.4 cm³/mol. The summed E-state index contributed by atoms with van der Waals surface area (Å²) >= 11 is 5.99. The molecule has 2 aromatic rings. The number of aromatic nitrogens is 1. The van der Waals surface area contributed by atoms with Crippen LogP contribution in [0.1, 0.15) is 18.2 Å². The molecular formula is C19H18ClNO4. The molecule has 5 nitrogen and oxygen atoms in total. The number of ether oxygens (including phenoxy) is 1. The summed E-state index contributed by atoms with van der Waals surface area (Å²) in [7, 11) is 0. The Bertz CT molecular complexity index is 820. The van der Waals surface area contributed by atoms with Crippen molar-refractivity contribution in [2.24, 2.45) is 0 Å². The number of aliphatic hydroxyl groups excluding tert-OH is 1. The SMILES string of the molecule is CCOC(=O)/C(O)=C/C(=O)/C=C/c1cccn1Cc1cccc(Cl)c1. The Balaban J connectivity index is 2.07. The fourth-order valence-corrected chi connectivity index (χ4v) is 2.38. The first kappa shape index (κ1) is 18.5. The molecule has 1 N–H and O–H groups in total. The Kier molecular flexibility index (Phi) is 6.60. The number of hydrogen-bond acceptors (Lipinski definition) is 4. The molecule has 0 aliphatic rings. The van der Waals surface area contributed by atoms with Crippen molar-refractivity contribution < 1.29 is 19.4 Å². The molecule has 0 radical (unpaired) electrons. The van der Waals surface area contributed by atoms with Gasteiger partial charge < -0.3 is 14.4 Å². The average molecular weight is 360 g/mol. The summed E-state index contributed by atoms with van der Waals surface area (Å²) in [5.74, 6) is -2.15. The first-order chi connectivity index (χ1) is 12.0. The second-order valence-corrected chi connectivity index (χ2v) is 5.61. The van der Waals surface area contributed by atoms with Crippen LogP contribution in [0.5, 0.6) is 0 Å². The summed E-state index contributed by atoms with van der Waals surface area (Å²) < 4.78 is 6.55. The van der Waals surface area contributed by atoms with Gasteiger partial charge in [-0.15, -0.1) is 0 Å². The van der Waals surface area contributed by atoms with Crippen LogP contribution in [0.2, 0.25) is 5.02 Å². The van der Waals surface area contributed by atoms with Crippen molar-refractivity contribution in [3.05, 3.63) is 76.8 Å². The van der Waals surface area contributed by atoms with E-state index >= 15 is 0 Å². The number of halogens is 1. The molecular weight excluding hydrogens is 342 g/mol. The molecule has 0 aliphatic carbocycles. The van der Waals surface area contributed by atoms with Gasteiger partial charge in [0.1, 0.15) is 0 Å². The second-order valence-electron chi connectivity index (χ2n) is 5.18. The summed E-state index contributed by atoms with van der Waals surface area (Å²) in [6.45, 7) is 2.34. The quantitative estimate of drug-likeness (QED) is 0.464. The van der Waals surface area contributed by atoms with Gasteiger partial charge >= 0.3 is 5.97 Å². The Morgan fingerprint density at radius 3 is 2.80 bits per heavy atom. The van der Waals surface area contributed by atoms with Crippen LogP contribution in [0.25, 0.3) is 6.08 Å². The van der Waals surface area contributed by atoms with Gasteiger partial charge in [0.2, 0.25) is 5.76 Å². The molecule has 1 aromatic carbocycles. The maximum Gasteiger partial charge on any atom is 0.373 e. The van der Waals surface area contributed by atoms with Gasteiger partial charge in [-0.25, -0.2) is 4.79 Å². The lowest BCUT2D eigenvalue weighted by Crippen LogP contribution is -2.08. The molecule has 130 valence electrons. The van der Waals surface area contributed by atoms with Gasteiger partial charge in [0.15, 0.2) is 5.78 Å². The predicted octanol–water partition coefficient (Wildman–Crippen LogP) is 3.78. The fourth-order valence-electron chi connectivity index (χ4n) is 2.17. The summed E-state index contributed by atoms with van der Waals surface area (Å²) in [4.78, 5) is 23.1. The van der Waals surface area contributed by atoms with Crippen molar-refractivity contribution in [1.29, 1.82) is 0 Å². The first-order valence-electron chi connectivity index (χ1n) is 7.69. The van der Waals surface area contributed by atoms with Crippen LogP contribution in [0.15, 0.2) is 60.5 Å². The number of esters is 1. The van der Waals surface area contributed by atoms with E-state index in [4.69, 9.17) is 11.6 Å². The van der Waals surface area contributed by atoms with E-state index < -0.39 is 17.5 Å². The number of rotatable bonds is 7. The largest absolute Gasteiger partial charge is 0.502 e. The Morgan fingerprint density at radius 2 is 2.08 bits per heavy atom. The van der Waals surface area contributed by atoms with Crippen LogP contribution in [-0.2, 0) is 20.9 Å². The van der Waals surface area contributed by atoms with E-state index in [1.54, 1.807) is 13.0 Å². The average Bonchev–Trinajstić information content (AvgIpc) is 3.00. The molecule has 0 saturated carbocycles. The van der Waals surface area contributed by atoms with Gasteiger partial charge in [-0.2, -0.15) is 0 Å². The lowest BCUT2D eigenvalue weighted by Gasteiger charge is -2.07. The van der Waals surface area contributed by atoms with E-state index in [1.165, 1.54) is 6.08 Å². The third-order valence-corrected chi connectivity index (χ3v) is 3.52. The topological polar surface area (TPSA) is 68.5 Å². The zero-order valence-electron chi connectivity index (χ0n) is 13.7. The van der Waals surface area contributed by atoms with Crippen LogP contribution in [0.4, 0.5) is 0 Å². The molecule has 1 aromatic heterocycles. The van der Waals surface area contributed by atoms with Crippen LogP contribution in [-0.4, -0.2) is 28.0 Å². The fraction of sp³-hybridized carbons (Fsp3) is 0.158. The first-order valence-corrected chi connectivity index (χ1v) is 8.07. The highest BCUT2D eigenvalue weighted by molar-refractivity contribution is 6.30. The highest BCUT2D eigenvalue weighted by atomic mass is 35.5. The molecule has 0 unspecified atom stereocenters. The number of aliphatic hydroxyl groups is 1. The standard InChI is InChI=1S/C19H18ClNO4/c1-2-25-19(24)18(23)12-17(22)9-8-16-7-4-10-21(16)13-14-5-3-6-15(20)11-14/h3-12,23H,2,13H2,1H3/b9-8+,18-12-. The zero-order chi connectivity index (χ0) is 18.2. The van der Waals surface area contributed by atoms with Crippen molar-refractivity contribution in [2.75, 3.05) is 6.61 Å². The second kappa shape index (κ2) is 8.89. The van der Waals surface area contributed by atoms with Crippen LogP contribution in [0.3, 0.4) is 0 Å². The normalized spacial score (nSPS) is 11.7. The van der Waals surface area contributed by atoms with Crippen molar-refractivity contribution in [3.8, 4) is 0 Å². The Morgan fingerprint density at radius 1 is 1.28 bits per heavy atom. The number of ketones is 1. The number of carbonyl (C=O) groups excluding carboxylic acids is 2. The van der Waals surface area contributed by atoms with Gasteiger partial charge in [0.05, 0.1) is 6.61 Å². The van der Waals surface area contributed by atoms with Crippen LogP contribution < -0.4 is 0 Å². The van der Waals surface area contributed by atoms with Crippen molar-refractivity contribution in [1.82, 2.24) is 4.57 Å². The van der Waals surface area contributed by atoms with E-state index in [0.717, 1.165) is 17.3 Å². The maximum atomic E-state index is 11.8. The summed E-state index contributed by atoms with van der Waals surface area (Å²) in [5, 5.41) is 10.1. The molecule has 0 bridgehead atoms. The molecule has 0 aliphatic heterocycles. The number of allylic oxidation sites excluding steroid dienone is 2. The highest BCUT2D eigenvalue weighted by Gasteiger charge is 2.09. The summed E-state index contributed by atoms with van der Waals surface area (Å²) in [6, 6.07) is 11.2. The molecule has 25 heavy (non-hydrogen) atoms. The molecule has 6 heteroatoms. The number of carbonyl (C=O) groups is 2. The van der Waals surface area contributed by atoms with Gasteiger partial charge in [0.25, 0.3) is 0 Å². The molecule has 0 atom stereocenters. The number of nitrogens with zero attached hydrogens (tertiary/aromatic N) is 1. The third-order valence-electron chi connectivity index (χ3n) is 3.29. The lowest BCUT2D eigenvalue weighted by molar-refractivity contribution is -0.141. The minimum absolute atomic E-state index is 0.123. The van der Waals surface area contributed by atoms with Crippen LogP contribution >= 0.6 is 11.6 Å². The van der Waals surface area contributed by atoms with E-state index in [9.17, 15) is 14.7 Å². The summed E-state index contributed by atoms with van der Waals surface area (Å²) in [5.41, 5.74) is 1.84. The smallest absolute Gasteiger partial charge is 0.373 e. The molecule has 0 amide bonds. The number of benzene rings is 1.